The molecule has 1 rings (SSSR count). The molecular formula is C30H50O3. The maximum atomic E-state index is 12.6. The van der Waals surface area contributed by atoms with E-state index in [0.717, 1.165) is 31.1 Å². The number of allylic oxidation sites excluding steroid dienone is 5. The number of hydrogen-bond donors (Lipinski definition) is 1. The van der Waals surface area contributed by atoms with E-state index in [1.165, 1.54) is 44.6 Å². The summed E-state index contributed by atoms with van der Waals surface area (Å²) in [4.78, 5) is 25.0. The first-order valence-electron chi connectivity index (χ1n) is 13.3. The van der Waals surface area contributed by atoms with Crippen molar-refractivity contribution in [1.29, 1.82) is 0 Å². The highest BCUT2D eigenvalue weighted by atomic mass is 16.3. The van der Waals surface area contributed by atoms with Crippen LogP contribution < -0.4 is 0 Å². The van der Waals surface area contributed by atoms with Crippen molar-refractivity contribution in [2.45, 2.75) is 124 Å². The van der Waals surface area contributed by atoms with Gasteiger partial charge in [-0.1, -0.05) is 85.1 Å². The highest BCUT2D eigenvalue weighted by Gasteiger charge is 2.28. The maximum Gasteiger partial charge on any atom is 0.185 e. The van der Waals surface area contributed by atoms with Gasteiger partial charge < -0.3 is 5.11 Å². The molecule has 0 heterocycles. The van der Waals surface area contributed by atoms with Crippen LogP contribution in [0.25, 0.3) is 0 Å². The third-order valence-corrected chi connectivity index (χ3v) is 7.19. The maximum absolute atomic E-state index is 12.6. The molecule has 0 bridgehead atoms. The van der Waals surface area contributed by atoms with E-state index in [0.29, 0.717) is 41.9 Å². The molecule has 1 aliphatic rings. The Bertz CT molecular complexity index is 708. The Morgan fingerprint density at radius 1 is 0.909 bits per heavy atom. The van der Waals surface area contributed by atoms with Crippen molar-refractivity contribution in [2.75, 3.05) is 0 Å². The lowest BCUT2D eigenvalue weighted by Gasteiger charge is -2.26. The van der Waals surface area contributed by atoms with E-state index in [-0.39, 0.29) is 11.6 Å². The number of carbonyl (C=O) groups excluding carboxylic acids is 2. The van der Waals surface area contributed by atoms with Crippen molar-refractivity contribution in [3.8, 4) is 0 Å². The van der Waals surface area contributed by atoms with Gasteiger partial charge in [0.05, 0.1) is 5.60 Å². The average Bonchev–Trinajstić information content (AvgIpc) is 2.71. The van der Waals surface area contributed by atoms with Crippen LogP contribution in [-0.4, -0.2) is 22.3 Å². The van der Waals surface area contributed by atoms with Crippen LogP contribution in [0.3, 0.4) is 0 Å². The molecule has 3 nitrogen and oxygen atoms in total. The minimum Gasteiger partial charge on any atom is -0.390 e. The number of ketones is 2. The molecule has 3 atom stereocenters. The van der Waals surface area contributed by atoms with Gasteiger partial charge in [0.25, 0.3) is 0 Å². The van der Waals surface area contributed by atoms with Crippen LogP contribution in [0.4, 0.5) is 0 Å². The lowest BCUT2D eigenvalue weighted by Crippen LogP contribution is -2.26. The van der Waals surface area contributed by atoms with E-state index in [4.69, 9.17) is 0 Å². The second kappa shape index (κ2) is 14.7. The molecule has 1 N–H and O–H groups in total. The molecular weight excluding hydrogens is 408 g/mol. The Hall–Kier alpha value is -1.48. The predicted octanol–water partition coefficient (Wildman–Crippen LogP) is 7.93. The zero-order chi connectivity index (χ0) is 25.0. The second-order valence-corrected chi connectivity index (χ2v) is 11.3. The molecule has 0 saturated heterocycles. The summed E-state index contributed by atoms with van der Waals surface area (Å²) in [7, 11) is 0. The molecule has 0 aromatic carbocycles. The standard InChI is InChI=1S/C30H50O3/c1-8-12-26-27(29(32)25(6)21-28(26)31)18-20-30(7,33)19-11-17-24(5)16-10-15-23(4)14-9-13-22(2)3/h8,21-24,33H,1,9-20H2,2-7H3/t23-,24-,30?/m1/s1. The van der Waals surface area contributed by atoms with Gasteiger partial charge in [-0.15, -0.1) is 6.58 Å². The number of rotatable bonds is 17. The lowest BCUT2D eigenvalue weighted by molar-refractivity contribution is -0.116. The minimum absolute atomic E-state index is 0.0608. The zero-order valence-electron chi connectivity index (χ0n) is 22.3. The zero-order valence-corrected chi connectivity index (χ0v) is 22.3. The smallest absolute Gasteiger partial charge is 0.185 e. The fourth-order valence-electron chi connectivity index (χ4n) is 4.83. The quantitative estimate of drug-likeness (QED) is 0.178. The molecule has 0 amide bonds. The normalized spacial score (nSPS) is 18.4. The van der Waals surface area contributed by atoms with Gasteiger partial charge in [0.15, 0.2) is 11.6 Å². The van der Waals surface area contributed by atoms with Crippen LogP contribution >= 0.6 is 0 Å². The summed E-state index contributed by atoms with van der Waals surface area (Å²) < 4.78 is 0. The van der Waals surface area contributed by atoms with E-state index >= 15 is 0 Å². The molecule has 0 aromatic rings. The Kier molecular flexibility index (Phi) is 13.2. The van der Waals surface area contributed by atoms with Gasteiger partial charge >= 0.3 is 0 Å². The predicted molar refractivity (Wildman–Crippen MR) is 140 cm³/mol. The second-order valence-electron chi connectivity index (χ2n) is 11.3. The van der Waals surface area contributed by atoms with Gasteiger partial charge in [0.2, 0.25) is 0 Å². The summed E-state index contributed by atoms with van der Waals surface area (Å²) in [6.07, 6.45) is 15.2. The molecule has 0 aliphatic heterocycles. The average molecular weight is 459 g/mol. The van der Waals surface area contributed by atoms with Crippen molar-refractivity contribution < 1.29 is 14.7 Å². The van der Waals surface area contributed by atoms with Crippen molar-refractivity contribution in [1.82, 2.24) is 0 Å². The Labute approximate surface area is 203 Å². The summed E-state index contributed by atoms with van der Waals surface area (Å²) in [6.45, 7) is 16.6. The highest BCUT2D eigenvalue weighted by Crippen LogP contribution is 2.30. The SMILES string of the molecule is C=CCC1=C(CCC(C)(O)CCC[C@H](C)CCC[C@H](C)CCCC(C)C)C(=O)C(C)=CC1=O. The van der Waals surface area contributed by atoms with Crippen molar-refractivity contribution >= 4 is 11.6 Å². The first kappa shape index (κ1) is 29.6. The van der Waals surface area contributed by atoms with Gasteiger partial charge in [-0.05, 0) is 63.4 Å². The largest absolute Gasteiger partial charge is 0.390 e. The van der Waals surface area contributed by atoms with Crippen LogP contribution in [-0.2, 0) is 9.59 Å². The summed E-state index contributed by atoms with van der Waals surface area (Å²) in [6, 6.07) is 0. The van der Waals surface area contributed by atoms with E-state index in [2.05, 4.69) is 34.3 Å². The van der Waals surface area contributed by atoms with Crippen LogP contribution in [0.2, 0.25) is 0 Å². The van der Waals surface area contributed by atoms with E-state index in [1.807, 2.05) is 6.92 Å². The van der Waals surface area contributed by atoms with Gasteiger partial charge in [0.1, 0.15) is 0 Å². The van der Waals surface area contributed by atoms with Crippen LogP contribution in [0, 0.1) is 17.8 Å². The Balaban J connectivity index is 2.38. The van der Waals surface area contributed by atoms with Gasteiger partial charge in [-0.3, -0.25) is 9.59 Å². The third kappa shape index (κ3) is 11.5. The number of carbonyl (C=O) groups is 2. The summed E-state index contributed by atoms with van der Waals surface area (Å²) >= 11 is 0. The molecule has 0 fully saturated rings. The number of Topliss-reactive ketones (excluding diaryl/α,β-unsaturated/α-hetero) is 1. The molecule has 0 saturated carbocycles. The Morgan fingerprint density at radius 3 is 2.00 bits per heavy atom. The van der Waals surface area contributed by atoms with Crippen LogP contribution in [0.1, 0.15) is 119 Å². The van der Waals surface area contributed by atoms with Crippen LogP contribution in [0.5, 0.6) is 0 Å². The summed E-state index contributed by atoms with van der Waals surface area (Å²) in [5, 5.41) is 10.9. The highest BCUT2D eigenvalue weighted by molar-refractivity contribution is 6.22. The van der Waals surface area contributed by atoms with Crippen molar-refractivity contribution in [3.05, 3.63) is 35.5 Å². The van der Waals surface area contributed by atoms with Gasteiger partial charge in [0, 0.05) is 16.7 Å². The molecule has 0 radical (unpaired) electrons. The van der Waals surface area contributed by atoms with Gasteiger partial charge in [-0.2, -0.15) is 0 Å². The summed E-state index contributed by atoms with van der Waals surface area (Å²) in [5.41, 5.74) is 0.778. The Morgan fingerprint density at radius 2 is 1.45 bits per heavy atom. The fourth-order valence-corrected chi connectivity index (χ4v) is 4.83. The number of hydrogen-bond acceptors (Lipinski definition) is 3. The number of aliphatic hydroxyl groups is 1. The third-order valence-electron chi connectivity index (χ3n) is 7.19. The van der Waals surface area contributed by atoms with Crippen molar-refractivity contribution in [2.24, 2.45) is 17.8 Å². The molecule has 33 heavy (non-hydrogen) atoms. The molecule has 188 valence electrons. The first-order valence-corrected chi connectivity index (χ1v) is 13.3. The molecule has 0 spiro atoms. The van der Waals surface area contributed by atoms with Crippen LogP contribution in [0.15, 0.2) is 35.5 Å². The van der Waals surface area contributed by atoms with E-state index in [9.17, 15) is 14.7 Å². The van der Waals surface area contributed by atoms with Crippen molar-refractivity contribution in [3.63, 3.8) is 0 Å². The molecule has 3 heteroatoms. The fraction of sp³-hybridized carbons (Fsp3) is 0.733. The topological polar surface area (TPSA) is 54.4 Å². The molecule has 1 unspecified atom stereocenters. The first-order chi connectivity index (χ1) is 15.5. The van der Waals surface area contributed by atoms with E-state index < -0.39 is 5.60 Å². The molecule has 1 aliphatic carbocycles. The van der Waals surface area contributed by atoms with E-state index in [1.54, 1.807) is 13.0 Å². The monoisotopic (exact) mass is 458 g/mol. The summed E-state index contributed by atoms with van der Waals surface area (Å²) in [5.74, 6) is 2.16. The lowest BCUT2D eigenvalue weighted by atomic mass is 9.82. The minimum atomic E-state index is -0.824. The molecule has 0 aromatic heterocycles. The van der Waals surface area contributed by atoms with Gasteiger partial charge in [-0.25, -0.2) is 0 Å².